The molecule has 3 aromatic carbocycles. The van der Waals surface area contributed by atoms with Crippen LogP contribution in [0.1, 0.15) is 42.9 Å². The molecule has 6 heteroatoms. The maximum Gasteiger partial charge on any atom is 0.159 e. The van der Waals surface area contributed by atoms with Crippen LogP contribution >= 0.6 is 0 Å². The van der Waals surface area contributed by atoms with E-state index in [1.807, 2.05) is 18.2 Å². The molecule has 0 saturated heterocycles. The molecule has 0 spiro atoms. The highest BCUT2D eigenvalue weighted by Gasteiger charge is 2.11. The van der Waals surface area contributed by atoms with Gasteiger partial charge in [-0.1, -0.05) is 50.1 Å². The van der Waals surface area contributed by atoms with E-state index in [-0.39, 0.29) is 11.4 Å². The lowest BCUT2D eigenvalue weighted by Gasteiger charge is -2.09. The van der Waals surface area contributed by atoms with Gasteiger partial charge in [-0.25, -0.2) is 18.7 Å². The Morgan fingerprint density at radius 1 is 0.941 bits per heavy atom. The first-order chi connectivity index (χ1) is 16.6. The molecule has 172 valence electrons. The van der Waals surface area contributed by atoms with Crippen molar-refractivity contribution < 1.29 is 13.5 Å². The number of unbranched alkanes of at least 4 members (excludes halogenated alkanes) is 2. The number of aryl methyl sites for hydroxylation is 2. The third-order valence-electron chi connectivity index (χ3n) is 5.77. The molecule has 0 radical (unpaired) electrons. The largest absolute Gasteiger partial charge is 0.490 e. The first kappa shape index (κ1) is 23.3. The maximum atomic E-state index is 15.2. The van der Waals surface area contributed by atoms with Crippen LogP contribution in [0.2, 0.25) is 0 Å². The molecule has 0 aliphatic heterocycles. The fourth-order valence-corrected chi connectivity index (χ4v) is 3.83. The fraction of sp³-hybridized carbons (Fsp3) is 0.250. The van der Waals surface area contributed by atoms with Gasteiger partial charge in [0.05, 0.1) is 24.6 Å². The van der Waals surface area contributed by atoms with E-state index >= 15 is 4.39 Å². The highest BCUT2D eigenvalue weighted by Crippen LogP contribution is 2.27. The topological polar surface area (TPSA) is 58.8 Å². The van der Waals surface area contributed by atoms with Crippen LogP contribution in [-0.2, 0) is 12.8 Å². The van der Waals surface area contributed by atoms with Gasteiger partial charge in [-0.15, -0.1) is 0 Å². The van der Waals surface area contributed by atoms with Gasteiger partial charge in [0.2, 0.25) is 0 Å². The molecule has 0 amide bonds. The molecular weight excluding hydrogens is 432 g/mol. The van der Waals surface area contributed by atoms with Gasteiger partial charge in [-0.2, -0.15) is 5.26 Å². The molecule has 1 aromatic heterocycles. The number of fused-ring (bicyclic) bond motifs is 1. The molecule has 0 saturated carbocycles. The van der Waals surface area contributed by atoms with Crippen molar-refractivity contribution in [2.45, 2.75) is 39.0 Å². The van der Waals surface area contributed by atoms with E-state index in [0.29, 0.717) is 42.0 Å². The first-order valence-electron chi connectivity index (χ1n) is 11.4. The maximum absolute atomic E-state index is 15.2. The number of benzene rings is 3. The van der Waals surface area contributed by atoms with Gasteiger partial charge in [-0.3, -0.25) is 0 Å². The van der Waals surface area contributed by atoms with Gasteiger partial charge in [0.15, 0.2) is 11.6 Å². The van der Waals surface area contributed by atoms with Crippen LogP contribution in [0.25, 0.3) is 22.2 Å². The summed E-state index contributed by atoms with van der Waals surface area (Å²) < 4.78 is 34.7. The zero-order valence-electron chi connectivity index (χ0n) is 19.0. The molecule has 0 N–H and O–H groups in total. The molecule has 4 rings (SSSR count). The summed E-state index contributed by atoms with van der Waals surface area (Å²) in [5.41, 5.74) is 2.09. The van der Waals surface area contributed by atoms with Crippen molar-refractivity contribution in [3.63, 3.8) is 0 Å². The normalized spacial score (nSPS) is 10.9. The molecule has 0 aliphatic carbocycles. The van der Waals surface area contributed by atoms with E-state index in [9.17, 15) is 4.39 Å². The van der Waals surface area contributed by atoms with E-state index in [0.717, 1.165) is 35.8 Å². The quantitative estimate of drug-likeness (QED) is 0.259. The summed E-state index contributed by atoms with van der Waals surface area (Å²) in [7, 11) is 0. The Morgan fingerprint density at radius 3 is 2.50 bits per heavy atom. The van der Waals surface area contributed by atoms with Crippen molar-refractivity contribution >= 4 is 10.8 Å². The van der Waals surface area contributed by atoms with Crippen LogP contribution in [0, 0.1) is 23.0 Å². The third kappa shape index (κ3) is 5.37. The Balaban J connectivity index is 1.47. The summed E-state index contributed by atoms with van der Waals surface area (Å²) >= 11 is 0. The predicted octanol–water partition coefficient (Wildman–Crippen LogP) is 6.80. The lowest BCUT2D eigenvalue weighted by Crippen LogP contribution is -1.99. The lowest BCUT2D eigenvalue weighted by atomic mass is 9.98. The van der Waals surface area contributed by atoms with Gasteiger partial charge < -0.3 is 4.74 Å². The van der Waals surface area contributed by atoms with Crippen molar-refractivity contribution in [3.8, 4) is 23.2 Å². The highest BCUT2D eigenvalue weighted by molar-refractivity contribution is 5.87. The van der Waals surface area contributed by atoms with Gasteiger partial charge in [0, 0.05) is 10.9 Å². The van der Waals surface area contributed by atoms with E-state index in [2.05, 4.69) is 16.9 Å². The monoisotopic (exact) mass is 457 g/mol. The minimum atomic E-state index is -0.551. The van der Waals surface area contributed by atoms with E-state index in [1.54, 1.807) is 36.7 Å². The Bertz CT molecular complexity index is 1330. The number of rotatable bonds is 9. The predicted molar refractivity (Wildman–Crippen MR) is 128 cm³/mol. The van der Waals surface area contributed by atoms with Gasteiger partial charge in [0.25, 0.3) is 0 Å². The summed E-state index contributed by atoms with van der Waals surface area (Å²) in [6.45, 7) is 2.79. The summed E-state index contributed by atoms with van der Waals surface area (Å²) in [4.78, 5) is 8.79. The number of halogens is 2. The van der Waals surface area contributed by atoms with Gasteiger partial charge in [0.1, 0.15) is 17.7 Å². The zero-order valence-corrected chi connectivity index (χ0v) is 19.0. The molecule has 4 nitrogen and oxygen atoms in total. The van der Waals surface area contributed by atoms with Crippen molar-refractivity contribution in [1.29, 1.82) is 5.26 Å². The average molecular weight is 458 g/mol. The standard InChI is InChI=1S/C28H25F2N3O/c1-2-3-4-13-34-24-17-32-28(33-18-24)22-11-12-25-21(15-22)10-9-20(27(25)30)7-5-19-6-8-23(16-31)26(29)14-19/h6,8-12,14-15,17-18H,2-5,7,13H2,1H3. The molecule has 4 aromatic rings. The molecule has 0 bridgehead atoms. The second-order valence-electron chi connectivity index (χ2n) is 8.20. The molecule has 1 heterocycles. The van der Waals surface area contributed by atoms with Crippen LogP contribution in [0.5, 0.6) is 5.75 Å². The number of nitrogens with zero attached hydrogens (tertiary/aromatic N) is 3. The van der Waals surface area contributed by atoms with E-state index in [4.69, 9.17) is 10.00 Å². The minimum absolute atomic E-state index is 0.00885. The van der Waals surface area contributed by atoms with Crippen molar-refractivity contribution in [1.82, 2.24) is 9.97 Å². The summed E-state index contributed by atoms with van der Waals surface area (Å²) in [5.74, 6) is 0.355. The Labute approximate surface area is 197 Å². The average Bonchev–Trinajstić information content (AvgIpc) is 2.86. The summed E-state index contributed by atoms with van der Waals surface area (Å²) in [6.07, 6.45) is 7.49. The number of ether oxygens (including phenoxy) is 1. The van der Waals surface area contributed by atoms with Crippen LogP contribution < -0.4 is 4.74 Å². The number of hydrogen-bond acceptors (Lipinski definition) is 4. The van der Waals surface area contributed by atoms with E-state index in [1.165, 1.54) is 12.1 Å². The number of aromatic nitrogens is 2. The van der Waals surface area contributed by atoms with Gasteiger partial charge >= 0.3 is 0 Å². The smallest absolute Gasteiger partial charge is 0.159 e. The molecule has 0 fully saturated rings. The molecule has 34 heavy (non-hydrogen) atoms. The molecule has 0 unspecified atom stereocenters. The third-order valence-corrected chi connectivity index (χ3v) is 5.77. The minimum Gasteiger partial charge on any atom is -0.490 e. The summed E-state index contributed by atoms with van der Waals surface area (Å²) in [6, 6.07) is 15.4. The van der Waals surface area contributed by atoms with Crippen LogP contribution in [0.3, 0.4) is 0 Å². The Kier molecular flexibility index (Phi) is 7.44. The Hall–Kier alpha value is -3.85. The van der Waals surface area contributed by atoms with Crippen molar-refractivity contribution in [3.05, 3.63) is 89.2 Å². The molecular formula is C28H25F2N3O. The summed E-state index contributed by atoms with van der Waals surface area (Å²) in [5, 5.41) is 10.1. The second-order valence-corrected chi connectivity index (χ2v) is 8.20. The van der Waals surface area contributed by atoms with Crippen molar-refractivity contribution in [2.24, 2.45) is 0 Å². The fourth-order valence-electron chi connectivity index (χ4n) is 3.83. The van der Waals surface area contributed by atoms with Crippen molar-refractivity contribution in [2.75, 3.05) is 6.61 Å². The van der Waals surface area contributed by atoms with E-state index < -0.39 is 5.82 Å². The van der Waals surface area contributed by atoms with Crippen LogP contribution in [-0.4, -0.2) is 16.6 Å². The molecule has 0 aliphatic rings. The number of nitriles is 1. The second kappa shape index (κ2) is 10.8. The lowest BCUT2D eigenvalue weighted by molar-refractivity contribution is 0.304. The Morgan fingerprint density at radius 2 is 1.76 bits per heavy atom. The SMILES string of the molecule is CCCCCOc1cnc(-c2ccc3c(F)c(CCc4ccc(C#N)c(F)c4)ccc3c2)nc1. The zero-order chi connectivity index (χ0) is 23.9. The van der Waals surface area contributed by atoms with Crippen LogP contribution in [0.15, 0.2) is 60.9 Å². The number of hydrogen-bond donors (Lipinski definition) is 0. The van der Waals surface area contributed by atoms with Gasteiger partial charge in [-0.05, 0) is 54.0 Å². The highest BCUT2D eigenvalue weighted by atomic mass is 19.1. The van der Waals surface area contributed by atoms with Crippen LogP contribution in [0.4, 0.5) is 8.78 Å². The first-order valence-corrected chi connectivity index (χ1v) is 11.4. The molecule has 0 atom stereocenters.